The van der Waals surface area contributed by atoms with E-state index in [0.717, 1.165) is 29.9 Å². The molecule has 0 spiro atoms. The largest absolute Gasteiger partial charge is 0.486 e. The van der Waals surface area contributed by atoms with Gasteiger partial charge < -0.3 is 24.0 Å². The smallest absolute Gasteiger partial charge is 0.308 e. The summed E-state index contributed by atoms with van der Waals surface area (Å²) in [6.45, 7) is 2.40. The number of thioether (sulfide) groups is 1. The van der Waals surface area contributed by atoms with E-state index in [4.69, 9.17) is 14.2 Å². The molecule has 2 fully saturated rings. The van der Waals surface area contributed by atoms with Crippen LogP contribution >= 0.6 is 11.8 Å². The van der Waals surface area contributed by atoms with Crippen molar-refractivity contribution in [2.75, 3.05) is 45.2 Å². The van der Waals surface area contributed by atoms with Gasteiger partial charge in [-0.2, -0.15) is 0 Å². The molecule has 1 atom stereocenters. The average Bonchev–Trinajstić information content (AvgIpc) is 3.39. The van der Waals surface area contributed by atoms with Crippen molar-refractivity contribution in [3.05, 3.63) is 23.8 Å². The Morgan fingerprint density at radius 3 is 2.79 bits per heavy atom. The van der Waals surface area contributed by atoms with Crippen LogP contribution in [0.5, 0.6) is 11.5 Å². The summed E-state index contributed by atoms with van der Waals surface area (Å²) in [4.78, 5) is 39.6. The number of fused-ring (bicyclic) bond motifs is 1. The topological polar surface area (TPSA) is 85.4 Å². The number of rotatable bonds is 6. The maximum Gasteiger partial charge on any atom is 0.308 e. The van der Waals surface area contributed by atoms with E-state index in [0.29, 0.717) is 38.6 Å². The number of likely N-dealkylation sites (tertiary alicyclic amines) is 1. The number of hydrogen-bond donors (Lipinski definition) is 0. The minimum Gasteiger partial charge on any atom is -0.486 e. The van der Waals surface area contributed by atoms with Crippen LogP contribution in [0.3, 0.4) is 0 Å². The molecule has 3 aliphatic heterocycles. The van der Waals surface area contributed by atoms with Gasteiger partial charge in [-0.1, -0.05) is 17.8 Å². The van der Waals surface area contributed by atoms with Crippen LogP contribution in [0.1, 0.15) is 30.9 Å². The van der Waals surface area contributed by atoms with Crippen LogP contribution < -0.4 is 9.47 Å². The fourth-order valence-corrected chi connectivity index (χ4v) is 4.68. The van der Waals surface area contributed by atoms with Gasteiger partial charge in [-0.3, -0.25) is 14.4 Å². The molecule has 2 amide bonds. The quantitative estimate of drug-likeness (QED) is 0.653. The molecule has 0 radical (unpaired) electrons. The number of carbonyl (C=O) groups excluding carboxylic acids is 3. The van der Waals surface area contributed by atoms with E-state index in [2.05, 4.69) is 0 Å². The minimum absolute atomic E-state index is 0.00628. The van der Waals surface area contributed by atoms with Crippen LogP contribution in [0.15, 0.2) is 18.2 Å². The highest BCUT2D eigenvalue weighted by Crippen LogP contribution is 2.38. The van der Waals surface area contributed by atoms with E-state index >= 15 is 0 Å². The van der Waals surface area contributed by atoms with E-state index in [1.54, 1.807) is 9.80 Å². The van der Waals surface area contributed by atoms with Crippen LogP contribution in [0, 0.1) is 0 Å². The van der Waals surface area contributed by atoms with E-state index in [-0.39, 0.29) is 30.2 Å². The highest BCUT2D eigenvalue weighted by molar-refractivity contribution is 8.13. The summed E-state index contributed by atoms with van der Waals surface area (Å²) in [5, 5.41) is -0.00628. The lowest BCUT2D eigenvalue weighted by Gasteiger charge is -2.26. The molecule has 4 rings (SSSR count). The molecule has 156 valence electrons. The zero-order chi connectivity index (χ0) is 20.2. The van der Waals surface area contributed by atoms with Crippen molar-refractivity contribution in [3.63, 3.8) is 0 Å². The molecule has 1 aromatic rings. The lowest BCUT2D eigenvalue weighted by molar-refractivity contribution is -0.152. The molecule has 8 nitrogen and oxygen atoms in total. The number of carbonyl (C=O) groups is 3. The highest BCUT2D eigenvalue weighted by Gasteiger charge is 2.31. The van der Waals surface area contributed by atoms with Crippen LogP contribution in [0.25, 0.3) is 0 Å². The predicted octanol–water partition coefficient (Wildman–Crippen LogP) is 2.22. The molecule has 1 aromatic carbocycles. The fourth-order valence-electron chi connectivity index (χ4n) is 3.83. The maximum atomic E-state index is 12.7. The maximum absolute atomic E-state index is 12.7. The summed E-state index contributed by atoms with van der Waals surface area (Å²) in [5.41, 5.74) is 0.997. The first-order chi connectivity index (χ1) is 14.1. The van der Waals surface area contributed by atoms with Gasteiger partial charge in [0, 0.05) is 25.4 Å². The third kappa shape index (κ3) is 4.60. The van der Waals surface area contributed by atoms with Crippen molar-refractivity contribution in [2.24, 2.45) is 0 Å². The van der Waals surface area contributed by atoms with Crippen molar-refractivity contribution in [1.82, 2.24) is 9.80 Å². The molecule has 0 aromatic heterocycles. The summed E-state index contributed by atoms with van der Waals surface area (Å²) in [6.07, 6.45) is 1.85. The van der Waals surface area contributed by atoms with Gasteiger partial charge in [0.05, 0.1) is 12.5 Å². The molecule has 9 heteroatoms. The molecule has 29 heavy (non-hydrogen) atoms. The zero-order valence-electron chi connectivity index (χ0n) is 16.1. The van der Waals surface area contributed by atoms with Gasteiger partial charge in [0.2, 0.25) is 0 Å². The van der Waals surface area contributed by atoms with Crippen molar-refractivity contribution < 1.29 is 28.6 Å². The van der Waals surface area contributed by atoms with Gasteiger partial charge in [0.25, 0.3) is 11.1 Å². The number of amides is 2. The number of ether oxygens (including phenoxy) is 3. The SMILES string of the molecule is O=C(CCN1CCSC1=O)OCC(=O)N1CCCC1c1ccc2c(c1)OCCO2. The second-order valence-electron chi connectivity index (χ2n) is 7.16. The van der Waals surface area contributed by atoms with E-state index in [1.165, 1.54) is 11.8 Å². The second kappa shape index (κ2) is 8.94. The predicted molar refractivity (Wildman–Crippen MR) is 106 cm³/mol. The lowest BCUT2D eigenvalue weighted by atomic mass is 10.0. The summed E-state index contributed by atoms with van der Waals surface area (Å²) in [6, 6.07) is 5.71. The lowest BCUT2D eigenvalue weighted by Crippen LogP contribution is -2.34. The molecule has 0 aliphatic carbocycles. The molecule has 0 saturated carbocycles. The first-order valence-corrected chi connectivity index (χ1v) is 10.9. The Bertz CT molecular complexity index is 801. The Labute approximate surface area is 173 Å². The second-order valence-corrected chi connectivity index (χ2v) is 8.21. The normalized spacial score (nSPS) is 20.8. The number of esters is 1. The van der Waals surface area contributed by atoms with E-state index < -0.39 is 5.97 Å². The summed E-state index contributed by atoms with van der Waals surface area (Å²) in [5.74, 6) is 1.51. The Balaban J connectivity index is 1.30. The first kappa shape index (κ1) is 19.9. The first-order valence-electron chi connectivity index (χ1n) is 9.88. The molecule has 3 aliphatic rings. The summed E-state index contributed by atoms with van der Waals surface area (Å²) >= 11 is 1.26. The van der Waals surface area contributed by atoms with Gasteiger partial charge >= 0.3 is 5.97 Å². The van der Waals surface area contributed by atoms with Crippen LogP contribution in [0.2, 0.25) is 0 Å². The Morgan fingerprint density at radius 1 is 1.17 bits per heavy atom. The van der Waals surface area contributed by atoms with Gasteiger partial charge in [0.15, 0.2) is 18.1 Å². The van der Waals surface area contributed by atoms with Crippen LogP contribution in [-0.2, 0) is 14.3 Å². The van der Waals surface area contributed by atoms with Gasteiger partial charge in [-0.05, 0) is 30.5 Å². The van der Waals surface area contributed by atoms with Gasteiger partial charge in [-0.15, -0.1) is 0 Å². The third-order valence-corrected chi connectivity index (χ3v) is 6.20. The molecule has 3 heterocycles. The van der Waals surface area contributed by atoms with Crippen molar-refractivity contribution >= 4 is 28.9 Å². The Kier molecular flexibility index (Phi) is 6.13. The summed E-state index contributed by atoms with van der Waals surface area (Å²) < 4.78 is 16.4. The van der Waals surface area contributed by atoms with E-state index in [9.17, 15) is 14.4 Å². The Hall–Kier alpha value is -2.42. The standard InChI is InChI=1S/C20H24N2O6S/c23-18(13-28-19(24)5-7-21-8-11-29-20(21)25)22-6-1-2-15(22)14-3-4-16-17(12-14)27-10-9-26-16/h3-4,12,15H,1-2,5-11,13H2. The number of nitrogens with zero attached hydrogens (tertiary/aromatic N) is 2. The van der Waals surface area contributed by atoms with Crippen molar-refractivity contribution in [2.45, 2.75) is 25.3 Å². The Morgan fingerprint density at radius 2 is 2.00 bits per heavy atom. The van der Waals surface area contributed by atoms with Crippen LogP contribution in [0.4, 0.5) is 4.79 Å². The molecular formula is C20H24N2O6S. The molecule has 0 N–H and O–H groups in total. The van der Waals surface area contributed by atoms with Crippen LogP contribution in [-0.4, -0.2) is 72.1 Å². The van der Waals surface area contributed by atoms with Crippen molar-refractivity contribution in [1.29, 1.82) is 0 Å². The summed E-state index contributed by atoms with van der Waals surface area (Å²) in [7, 11) is 0. The number of hydrogen-bond acceptors (Lipinski definition) is 7. The molecule has 0 bridgehead atoms. The molecule has 2 saturated heterocycles. The minimum atomic E-state index is -0.460. The molecule has 1 unspecified atom stereocenters. The highest BCUT2D eigenvalue weighted by atomic mass is 32.2. The van der Waals surface area contributed by atoms with E-state index in [1.807, 2.05) is 18.2 Å². The van der Waals surface area contributed by atoms with Crippen molar-refractivity contribution in [3.8, 4) is 11.5 Å². The van der Waals surface area contributed by atoms with Gasteiger partial charge in [-0.25, -0.2) is 0 Å². The van der Waals surface area contributed by atoms with Gasteiger partial charge in [0.1, 0.15) is 13.2 Å². The molecular weight excluding hydrogens is 396 g/mol. The fraction of sp³-hybridized carbons (Fsp3) is 0.550. The number of benzene rings is 1. The monoisotopic (exact) mass is 420 g/mol. The average molecular weight is 420 g/mol. The third-order valence-electron chi connectivity index (χ3n) is 5.31. The zero-order valence-corrected chi connectivity index (χ0v) is 16.9.